The summed E-state index contributed by atoms with van der Waals surface area (Å²) < 4.78 is 16.9. The molecule has 8 heteroatoms. The van der Waals surface area contributed by atoms with Crippen molar-refractivity contribution in [1.82, 2.24) is 14.2 Å². The zero-order valence-electron chi connectivity index (χ0n) is 20.5. The minimum Gasteiger partial charge on any atom is -0.354 e. The molecule has 0 aromatic heterocycles. The van der Waals surface area contributed by atoms with Crippen LogP contribution in [0.4, 0.5) is 0 Å². The summed E-state index contributed by atoms with van der Waals surface area (Å²) >= 11 is 1.35. The van der Waals surface area contributed by atoms with Crippen LogP contribution < -0.4 is 0 Å². The fraction of sp³-hybridized carbons (Fsp3) is 0.952. The molecule has 0 amide bonds. The van der Waals surface area contributed by atoms with Gasteiger partial charge in [-0.15, -0.1) is 0 Å². The molecule has 0 fully saturated rings. The lowest BCUT2D eigenvalue weighted by Gasteiger charge is -2.45. The third kappa shape index (κ3) is 11.4. The molecular weight excluding hydrogens is 405 g/mol. The topological polar surface area (TPSA) is 45.3 Å². The highest BCUT2D eigenvalue weighted by atomic mass is 32.2. The average Bonchev–Trinajstić information content (AvgIpc) is 2.60. The van der Waals surface area contributed by atoms with Crippen molar-refractivity contribution in [2.24, 2.45) is 0 Å². The summed E-state index contributed by atoms with van der Waals surface area (Å²) in [6.45, 7) is 25.0. The molecule has 0 aliphatic rings. The molecule has 0 unspecified atom stereocenters. The average molecular weight is 452 g/mol. The Morgan fingerprint density at radius 3 is 1.69 bits per heavy atom. The first-order chi connectivity index (χ1) is 13.6. The lowest BCUT2D eigenvalue weighted by Crippen LogP contribution is -2.43. The molecule has 0 aliphatic heterocycles. The van der Waals surface area contributed by atoms with Crippen LogP contribution in [0.15, 0.2) is 0 Å². The molecular formula is C21H46N3O3PS. The highest BCUT2D eigenvalue weighted by Gasteiger charge is 2.34. The van der Waals surface area contributed by atoms with E-state index in [9.17, 15) is 4.79 Å². The Morgan fingerprint density at radius 2 is 1.31 bits per heavy atom. The van der Waals surface area contributed by atoms with Crippen LogP contribution in [-0.4, -0.2) is 82.3 Å². The molecule has 0 spiro atoms. The Bertz CT molecular complexity index is 399. The molecule has 0 radical (unpaired) electrons. The smallest absolute Gasteiger partial charge is 0.203 e. The van der Waals surface area contributed by atoms with Gasteiger partial charge in [-0.25, -0.2) is 9.34 Å². The van der Waals surface area contributed by atoms with Crippen LogP contribution in [-0.2, 0) is 14.1 Å². The first-order valence-electron chi connectivity index (χ1n) is 11.0. The quantitative estimate of drug-likeness (QED) is 0.185. The predicted molar refractivity (Wildman–Crippen MR) is 128 cm³/mol. The Balaban J connectivity index is 4.66. The van der Waals surface area contributed by atoms with E-state index in [0.29, 0.717) is 43.1 Å². The van der Waals surface area contributed by atoms with Gasteiger partial charge in [0.05, 0.1) is 13.2 Å². The van der Waals surface area contributed by atoms with Gasteiger partial charge >= 0.3 is 0 Å². The zero-order valence-corrected chi connectivity index (χ0v) is 22.2. The molecule has 0 aromatic carbocycles. The number of nitrogens with zero attached hydrogens (tertiary/aromatic N) is 3. The molecule has 6 nitrogen and oxygen atoms in total. The van der Waals surface area contributed by atoms with Crippen LogP contribution in [0.1, 0.15) is 69.2 Å². The number of hydrogen-bond acceptors (Lipinski definition) is 7. The van der Waals surface area contributed by atoms with Gasteiger partial charge in [0.1, 0.15) is 0 Å². The lowest BCUT2D eigenvalue weighted by molar-refractivity contribution is -0.112. The van der Waals surface area contributed by atoms with Gasteiger partial charge in [-0.2, -0.15) is 0 Å². The Kier molecular flexibility index (Phi) is 16.1. The van der Waals surface area contributed by atoms with Crippen LogP contribution in [0.3, 0.4) is 0 Å². The van der Waals surface area contributed by atoms with Crippen molar-refractivity contribution < 1.29 is 14.1 Å². The number of hydrogen-bond donors (Lipinski definition) is 0. The predicted octanol–water partition coefficient (Wildman–Crippen LogP) is 5.04. The third-order valence-corrected chi connectivity index (χ3v) is 8.30. The van der Waals surface area contributed by atoms with E-state index in [2.05, 4.69) is 83.5 Å². The normalized spacial score (nSPS) is 12.9. The number of likely N-dealkylation sites (N-methyl/N-ethyl adjacent to an activating group) is 1. The summed E-state index contributed by atoms with van der Waals surface area (Å²) in [5, 5.41) is 0.206. The Morgan fingerprint density at radius 1 is 0.862 bits per heavy atom. The second-order valence-electron chi connectivity index (χ2n) is 8.22. The zero-order chi connectivity index (χ0) is 22.6. The summed E-state index contributed by atoms with van der Waals surface area (Å²) in [4.78, 5) is 14.1. The highest BCUT2D eigenvalue weighted by Crippen LogP contribution is 2.50. The summed E-state index contributed by atoms with van der Waals surface area (Å²) in [5.74, 6) is 0.664. The number of carbonyl (C=O) groups is 1. The van der Waals surface area contributed by atoms with E-state index in [0.717, 1.165) is 13.1 Å². The fourth-order valence-corrected chi connectivity index (χ4v) is 6.23. The van der Waals surface area contributed by atoms with E-state index < -0.39 is 8.45 Å². The maximum atomic E-state index is 12.0. The van der Waals surface area contributed by atoms with Gasteiger partial charge in [-0.1, -0.05) is 25.6 Å². The van der Waals surface area contributed by atoms with Crippen molar-refractivity contribution >= 4 is 25.3 Å². The molecule has 0 rings (SSSR count). The molecule has 174 valence electrons. The third-order valence-electron chi connectivity index (χ3n) is 4.50. The van der Waals surface area contributed by atoms with Gasteiger partial charge in [0.15, 0.2) is 15.2 Å². The SMILES string of the molecule is CCN(CC)CC(=O)SCCOCOP(N(C(C)C)C(C)C)N(C(C)C)C(C)C. The summed E-state index contributed by atoms with van der Waals surface area (Å²) in [7, 11) is -0.934. The maximum Gasteiger partial charge on any atom is 0.203 e. The molecule has 0 atom stereocenters. The minimum absolute atomic E-state index is 0.206. The number of thioether (sulfide) groups is 1. The van der Waals surface area contributed by atoms with E-state index >= 15 is 0 Å². The monoisotopic (exact) mass is 451 g/mol. The summed E-state index contributed by atoms with van der Waals surface area (Å²) in [5.41, 5.74) is 0. The number of rotatable bonds is 16. The molecule has 29 heavy (non-hydrogen) atoms. The molecule has 0 aromatic rings. The number of ether oxygens (including phenoxy) is 1. The van der Waals surface area contributed by atoms with E-state index in [1.165, 1.54) is 11.8 Å². The molecule has 0 heterocycles. The summed E-state index contributed by atoms with van der Waals surface area (Å²) in [6, 6.07) is 1.53. The largest absolute Gasteiger partial charge is 0.354 e. The van der Waals surface area contributed by atoms with Gasteiger partial charge in [0.25, 0.3) is 0 Å². The van der Waals surface area contributed by atoms with Crippen molar-refractivity contribution in [2.45, 2.75) is 93.4 Å². The van der Waals surface area contributed by atoms with E-state index in [4.69, 9.17) is 9.26 Å². The van der Waals surface area contributed by atoms with Crippen LogP contribution >= 0.6 is 20.2 Å². The molecule has 0 saturated heterocycles. The Hall–Kier alpha value is 0.250. The molecule has 0 N–H and O–H groups in total. The van der Waals surface area contributed by atoms with Gasteiger partial charge in [-0.3, -0.25) is 9.69 Å². The van der Waals surface area contributed by atoms with E-state index in [1.54, 1.807) is 0 Å². The van der Waals surface area contributed by atoms with Gasteiger partial charge in [0, 0.05) is 29.9 Å². The van der Waals surface area contributed by atoms with Crippen LogP contribution in [0.2, 0.25) is 0 Å². The van der Waals surface area contributed by atoms with Crippen molar-refractivity contribution in [3.8, 4) is 0 Å². The van der Waals surface area contributed by atoms with Gasteiger partial charge in [-0.05, 0) is 68.5 Å². The molecule has 0 saturated carbocycles. The lowest BCUT2D eigenvalue weighted by atomic mass is 10.3. The van der Waals surface area contributed by atoms with E-state index in [-0.39, 0.29) is 11.9 Å². The standard InChI is InChI=1S/C21H46N3O3PS/c1-11-22(12-2)15-21(25)29-14-13-26-16-27-28(23(17(3)4)18(5)6)24(19(7)8)20(9)10/h17-20H,11-16H2,1-10H3. The fourth-order valence-electron chi connectivity index (χ4n) is 3.27. The van der Waals surface area contributed by atoms with Crippen LogP contribution in [0.5, 0.6) is 0 Å². The van der Waals surface area contributed by atoms with Gasteiger partial charge < -0.3 is 9.26 Å². The first-order valence-corrected chi connectivity index (χ1v) is 13.2. The van der Waals surface area contributed by atoms with Gasteiger partial charge in [0.2, 0.25) is 5.12 Å². The van der Waals surface area contributed by atoms with E-state index in [1.807, 2.05) is 0 Å². The van der Waals surface area contributed by atoms with Crippen molar-refractivity contribution in [2.75, 3.05) is 38.8 Å². The van der Waals surface area contributed by atoms with Crippen LogP contribution in [0.25, 0.3) is 0 Å². The van der Waals surface area contributed by atoms with Crippen molar-refractivity contribution in [3.05, 3.63) is 0 Å². The minimum atomic E-state index is -0.934. The molecule has 0 aliphatic carbocycles. The van der Waals surface area contributed by atoms with Crippen LogP contribution in [0, 0.1) is 0 Å². The Labute approximate surface area is 186 Å². The second kappa shape index (κ2) is 16.0. The second-order valence-corrected chi connectivity index (χ2v) is 11.1. The molecule has 0 bridgehead atoms. The first kappa shape index (κ1) is 29.2. The summed E-state index contributed by atoms with van der Waals surface area (Å²) in [6.07, 6.45) is 0. The highest BCUT2D eigenvalue weighted by molar-refractivity contribution is 8.13. The van der Waals surface area contributed by atoms with Crippen molar-refractivity contribution in [3.63, 3.8) is 0 Å². The maximum absolute atomic E-state index is 12.0. The van der Waals surface area contributed by atoms with Crippen molar-refractivity contribution in [1.29, 1.82) is 0 Å². The number of carbonyl (C=O) groups excluding carboxylic acids is 1.